The van der Waals surface area contributed by atoms with Crippen LogP contribution in [0.2, 0.25) is 0 Å². The van der Waals surface area contributed by atoms with Gasteiger partial charge in [0.15, 0.2) is 0 Å². The molecule has 0 aliphatic rings. The maximum absolute atomic E-state index is 12.0. The van der Waals surface area contributed by atoms with Crippen molar-refractivity contribution in [1.82, 2.24) is 10.2 Å². The number of carboxylic acid groups (broad SMARTS) is 2. The van der Waals surface area contributed by atoms with Crippen LogP contribution in [-0.2, 0) is 20.8 Å². The lowest BCUT2D eigenvalue weighted by atomic mass is 10.0. The number of carbonyl (C=O) groups is 3. The van der Waals surface area contributed by atoms with E-state index < -0.39 is 36.5 Å². The molecule has 0 unspecified atom stereocenters. The van der Waals surface area contributed by atoms with Gasteiger partial charge in [0.25, 0.3) is 0 Å². The number of rotatable bonds is 9. The molecule has 0 aliphatic heterocycles. The van der Waals surface area contributed by atoms with Gasteiger partial charge in [-0.2, -0.15) is 0 Å². The molecule has 3 N–H and O–H groups in total. The Bertz CT molecular complexity index is 547. The smallest absolute Gasteiger partial charge is 0.323 e. The lowest BCUT2D eigenvalue weighted by Gasteiger charge is -2.23. The van der Waals surface area contributed by atoms with Crippen LogP contribution >= 0.6 is 0 Å². The van der Waals surface area contributed by atoms with Crippen LogP contribution in [0.5, 0.6) is 0 Å². The number of aryl methyl sites for hydroxylation is 1. The van der Waals surface area contributed by atoms with Gasteiger partial charge >= 0.3 is 11.9 Å². The number of nitrogens with one attached hydrogen (secondary N) is 1. The first kappa shape index (κ1) is 18.6. The SMILES string of the molecule is C[C@H](N[C@@H](CCc1ccccc1)C(=O)O)C(=O)N(C)CC(=O)O. The number of carboxylic acids is 2. The monoisotopic (exact) mass is 322 g/mol. The molecule has 0 radical (unpaired) electrons. The molecule has 2 atom stereocenters. The number of amides is 1. The first-order valence-electron chi connectivity index (χ1n) is 7.30. The Labute approximate surface area is 134 Å². The normalized spacial score (nSPS) is 13.1. The van der Waals surface area contributed by atoms with Crippen molar-refractivity contribution < 1.29 is 24.6 Å². The van der Waals surface area contributed by atoms with Gasteiger partial charge < -0.3 is 15.1 Å². The first-order valence-corrected chi connectivity index (χ1v) is 7.30. The molecule has 0 saturated carbocycles. The molecule has 23 heavy (non-hydrogen) atoms. The summed E-state index contributed by atoms with van der Waals surface area (Å²) in [6.45, 7) is 1.10. The van der Waals surface area contributed by atoms with E-state index in [-0.39, 0.29) is 0 Å². The predicted octanol–water partition coefficient (Wildman–Crippen LogP) is 0.594. The van der Waals surface area contributed by atoms with Gasteiger partial charge in [0.2, 0.25) is 5.91 Å². The number of hydrogen-bond acceptors (Lipinski definition) is 4. The summed E-state index contributed by atoms with van der Waals surface area (Å²) >= 11 is 0. The first-order chi connectivity index (χ1) is 10.8. The highest BCUT2D eigenvalue weighted by molar-refractivity contribution is 5.85. The Morgan fingerprint density at radius 2 is 1.78 bits per heavy atom. The lowest BCUT2D eigenvalue weighted by Crippen LogP contribution is -2.50. The van der Waals surface area contributed by atoms with Crippen molar-refractivity contribution in [3.8, 4) is 0 Å². The Morgan fingerprint density at radius 1 is 1.17 bits per heavy atom. The minimum atomic E-state index is -1.12. The second kappa shape index (κ2) is 8.89. The van der Waals surface area contributed by atoms with Crippen LogP contribution in [0.25, 0.3) is 0 Å². The van der Waals surface area contributed by atoms with Crippen molar-refractivity contribution in [3.63, 3.8) is 0 Å². The van der Waals surface area contributed by atoms with Gasteiger partial charge in [-0.3, -0.25) is 19.7 Å². The zero-order chi connectivity index (χ0) is 17.4. The number of hydrogen-bond donors (Lipinski definition) is 3. The fraction of sp³-hybridized carbons (Fsp3) is 0.438. The van der Waals surface area contributed by atoms with Gasteiger partial charge in [-0.15, -0.1) is 0 Å². The molecule has 7 heteroatoms. The second-order valence-electron chi connectivity index (χ2n) is 5.39. The Balaban J connectivity index is 2.59. The van der Waals surface area contributed by atoms with Crippen molar-refractivity contribution in [2.24, 2.45) is 0 Å². The van der Waals surface area contributed by atoms with E-state index >= 15 is 0 Å². The molecule has 0 fully saturated rings. The largest absolute Gasteiger partial charge is 0.480 e. The summed E-state index contributed by atoms with van der Waals surface area (Å²) in [4.78, 5) is 35.0. The van der Waals surface area contributed by atoms with Gasteiger partial charge in [0.05, 0.1) is 6.04 Å². The number of likely N-dealkylation sites (N-methyl/N-ethyl adjacent to an activating group) is 1. The van der Waals surface area contributed by atoms with Crippen molar-refractivity contribution in [1.29, 1.82) is 0 Å². The third-order valence-corrected chi connectivity index (χ3v) is 3.43. The van der Waals surface area contributed by atoms with E-state index in [0.717, 1.165) is 10.5 Å². The van der Waals surface area contributed by atoms with Gasteiger partial charge in [0, 0.05) is 7.05 Å². The van der Waals surface area contributed by atoms with Crippen LogP contribution in [-0.4, -0.2) is 58.6 Å². The van der Waals surface area contributed by atoms with Crippen LogP contribution in [0, 0.1) is 0 Å². The highest BCUT2D eigenvalue weighted by Gasteiger charge is 2.25. The summed E-state index contributed by atoms with van der Waals surface area (Å²) < 4.78 is 0. The predicted molar refractivity (Wildman–Crippen MR) is 84.1 cm³/mol. The molecule has 0 spiro atoms. The second-order valence-corrected chi connectivity index (χ2v) is 5.39. The quantitative estimate of drug-likeness (QED) is 0.614. The number of carbonyl (C=O) groups excluding carboxylic acids is 1. The highest BCUT2D eigenvalue weighted by Crippen LogP contribution is 2.06. The fourth-order valence-electron chi connectivity index (χ4n) is 2.22. The summed E-state index contributed by atoms with van der Waals surface area (Å²) in [5, 5.41) is 20.7. The zero-order valence-corrected chi connectivity index (χ0v) is 13.2. The number of aliphatic carboxylic acids is 2. The summed E-state index contributed by atoms with van der Waals surface area (Å²) in [5.74, 6) is -2.62. The molecular formula is C16H22N2O5. The maximum atomic E-state index is 12.0. The summed E-state index contributed by atoms with van der Waals surface area (Å²) in [7, 11) is 1.37. The van der Waals surface area contributed by atoms with Crippen LogP contribution in [0.1, 0.15) is 18.9 Å². The standard InChI is InChI=1S/C16H22N2O5/c1-11(15(21)18(2)10-14(19)20)17-13(16(22)23)9-8-12-6-4-3-5-7-12/h3-7,11,13,17H,8-10H2,1-2H3,(H,19,20)(H,22,23)/t11-,13-/m0/s1. The highest BCUT2D eigenvalue weighted by atomic mass is 16.4. The molecular weight excluding hydrogens is 300 g/mol. The molecule has 1 aromatic rings. The average Bonchev–Trinajstić information content (AvgIpc) is 2.50. The van der Waals surface area contributed by atoms with Crippen molar-refractivity contribution in [2.75, 3.05) is 13.6 Å². The maximum Gasteiger partial charge on any atom is 0.323 e. The average molecular weight is 322 g/mol. The van der Waals surface area contributed by atoms with Gasteiger partial charge in [0.1, 0.15) is 12.6 Å². The minimum Gasteiger partial charge on any atom is -0.480 e. The Kier molecular flexibility index (Phi) is 7.21. The van der Waals surface area contributed by atoms with Gasteiger partial charge in [-0.1, -0.05) is 30.3 Å². The summed E-state index contributed by atoms with van der Waals surface area (Å²) in [6, 6.07) is 7.80. The molecule has 1 rings (SSSR count). The van der Waals surface area contributed by atoms with E-state index in [0.29, 0.717) is 12.8 Å². The van der Waals surface area contributed by atoms with E-state index in [4.69, 9.17) is 5.11 Å². The summed E-state index contributed by atoms with van der Waals surface area (Å²) in [6.07, 6.45) is 0.899. The number of nitrogens with zero attached hydrogens (tertiary/aromatic N) is 1. The Morgan fingerprint density at radius 3 is 2.30 bits per heavy atom. The minimum absolute atomic E-state index is 0.333. The third kappa shape index (κ3) is 6.48. The molecule has 1 amide bonds. The van der Waals surface area contributed by atoms with Crippen LogP contribution in [0.4, 0.5) is 0 Å². The van der Waals surface area contributed by atoms with Crippen molar-refractivity contribution in [3.05, 3.63) is 35.9 Å². The van der Waals surface area contributed by atoms with E-state index in [1.807, 2.05) is 30.3 Å². The lowest BCUT2D eigenvalue weighted by molar-refractivity contribution is -0.145. The van der Waals surface area contributed by atoms with Gasteiger partial charge in [-0.25, -0.2) is 0 Å². The zero-order valence-electron chi connectivity index (χ0n) is 13.2. The molecule has 0 aliphatic carbocycles. The molecule has 0 saturated heterocycles. The van der Waals surface area contributed by atoms with Crippen LogP contribution in [0.3, 0.4) is 0 Å². The molecule has 126 valence electrons. The van der Waals surface area contributed by atoms with E-state index in [1.165, 1.54) is 14.0 Å². The molecule has 1 aromatic carbocycles. The Hall–Kier alpha value is -2.41. The fourth-order valence-corrected chi connectivity index (χ4v) is 2.22. The van der Waals surface area contributed by atoms with Crippen LogP contribution < -0.4 is 5.32 Å². The molecule has 7 nitrogen and oxygen atoms in total. The number of benzene rings is 1. The van der Waals surface area contributed by atoms with E-state index in [1.54, 1.807) is 0 Å². The molecule has 0 bridgehead atoms. The topological polar surface area (TPSA) is 107 Å². The van der Waals surface area contributed by atoms with Gasteiger partial charge in [-0.05, 0) is 25.3 Å². The van der Waals surface area contributed by atoms with E-state index in [9.17, 15) is 19.5 Å². The molecule has 0 aromatic heterocycles. The third-order valence-electron chi connectivity index (χ3n) is 3.43. The van der Waals surface area contributed by atoms with Crippen LogP contribution in [0.15, 0.2) is 30.3 Å². The molecule has 0 heterocycles. The van der Waals surface area contributed by atoms with E-state index in [2.05, 4.69) is 5.32 Å². The summed E-state index contributed by atoms with van der Waals surface area (Å²) in [5.41, 5.74) is 1.02. The van der Waals surface area contributed by atoms with Crippen molar-refractivity contribution in [2.45, 2.75) is 31.8 Å². The van der Waals surface area contributed by atoms with Crippen molar-refractivity contribution >= 4 is 17.8 Å².